The van der Waals surface area contributed by atoms with Crippen molar-refractivity contribution in [3.8, 4) is 17.2 Å². The maximum atomic E-state index is 13.1. The number of nitrogens with zero attached hydrogens (tertiary/aromatic N) is 1. The molecule has 0 fully saturated rings. The van der Waals surface area contributed by atoms with E-state index in [1.807, 2.05) is 77.7 Å². The minimum absolute atomic E-state index is 0.0664. The van der Waals surface area contributed by atoms with Crippen LogP contribution >= 0.6 is 0 Å². The Morgan fingerprint density at radius 3 is 2.31 bits per heavy atom. The van der Waals surface area contributed by atoms with E-state index in [1.165, 1.54) is 0 Å². The molecule has 0 spiro atoms. The van der Waals surface area contributed by atoms with E-state index in [0.29, 0.717) is 19.5 Å². The van der Waals surface area contributed by atoms with Gasteiger partial charge < -0.3 is 19.1 Å². The van der Waals surface area contributed by atoms with Crippen molar-refractivity contribution in [2.45, 2.75) is 19.5 Å². The summed E-state index contributed by atoms with van der Waals surface area (Å²) in [7, 11) is 1.63. The summed E-state index contributed by atoms with van der Waals surface area (Å²) >= 11 is 0. The van der Waals surface area contributed by atoms with E-state index >= 15 is 0 Å². The molecule has 29 heavy (non-hydrogen) atoms. The zero-order valence-corrected chi connectivity index (χ0v) is 16.3. The van der Waals surface area contributed by atoms with Gasteiger partial charge in [0.05, 0.1) is 13.5 Å². The largest absolute Gasteiger partial charge is 0.497 e. The van der Waals surface area contributed by atoms with Crippen LogP contribution in [-0.2, 0) is 24.3 Å². The van der Waals surface area contributed by atoms with E-state index in [1.54, 1.807) is 7.11 Å². The minimum atomic E-state index is 0.0664. The van der Waals surface area contributed by atoms with Crippen LogP contribution in [0, 0.1) is 0 Å². The van der Waals surface area contributed by atoms with E-state index in [9.17, 15) is 4.79 Å². The summed E-state index contributed by atoms with van der Waals surface area (Å²) in [5.41, 5.74) is 3.06. The van der Waals surface area contributed by atoms with Crippen molar-refractivity contribution in [2.75, 3.05) is 13.9 Å². The molecular formula is C24H23NO4. The molecule has 1 aliphatic heterocycles. The van der Waals surface area contributed by atoms with Crippen molar-refractivity contribution in [1.29, 1.82) is 0 Å². The molecule has 1 amide bonds. The Bertz CT molecular complexity index is 970. The van der Waals surface area contributed by atoms with Crippen molar-refractivity contribution < 1.29 is 19.0 Å². The first kappa shape index (κ1) is 18.9. The fourth-order valence-electron chi connectivity index (χ4n) is 3.33. The summed E-state index contributed by atoms with van der Waals surface area (Å²) in [5, 5.41) is 0. The van der Waals surface area contributed by atoms with Gasteiger partial charge in [0, 0.05) is 13.1 Å². The lowest BCUT2D eigenvalue weighted by atomic mass is 10.1. The van der Waals surface area contributed by atoms with E-state index < -0.39 is 0 Å². The van der Waals surface area contributed by atoms with Crippen molar-refractivity contribution in [3.05, 3.63) is 89.5 Å². The summed E-state index contributed by atoms with van der Waals surface area (Å²) in [6, 6.07) is 23.5. The van der Waals surface area contributed by atoms with Crippen LogP contribution in [0.1, 0.15) is 16.7 Å². The number of rotatable bonds is 7. The Kier molecular flexibility index (Phi) is 5.66. The third-order valence-corrected chi connectivity index (χ3v) is 4.89. The van der Waals surface area contributed by atoms with Crippen molar-refractivity contribution in [1.82, 2.24) is 4.90 Å². The summed E-state index contributed by atoms with van der Waals surface area (Å²) in [6.07, 6.45) is 0.335. The lowest BCUT2D eigenvalue weighted by molar-refractivity contribution is -0.131. The lowest BCUT2D eigenvalue weighted by Gasteiger charge is -2.23. The van der Waals surface area contributed by atoms with Crippen LogP contribution in [0.5, 0.6) is 17.2 Å². The molecule has 0 N–H and O–H groups in total. The molecule has 1 heterocycles. The highest BCUT2D eigenvalue weighted by Crippen LogP contribution is 2.33. The first-order valence-electron chi connectivity index (χ1n) is 9.54. The number of benzene rings is 3. The normalized spacial score (nSPS) is 11.9. The molecule has 0 aliphatic carbocycles. The summed E-state index contributed by atoms with van der Waals surface area (Å²) in [5.74, 6) is 2.32. The monoisotopic (exact) mass is 389 g/mol. The highest BCUT2D eigenvalue weighted by atomic mass is 16.7. The van der Waals surface area contributed by atoms with Crippen LogP contribution < -0.4 is 14.2 Å². The zero-order chi connectivity index (χ0) is 20.1. The molecule has 5 nitrogen and oxygen atoms in total. The number of methoxy groups -OCH3 is 1. The van der Waals surface area contributed by atoms with Crippen LogP contribution in [-0.4, -0.2) is 24.7 Å². The lowest BCUT2D eigenvalue weighted by Crippen LogP contribution is -2.31. The minimum Gasteiger partial charge on any atom is -0.497 e. The zero-order valence-electron chi connectivity index (χ0n) is 16.3. The first-order valence-corrected chi connectivity index (χ1v) is 9.54. The standard InChI is InChI=1S/C24H23NO4/c1-27-21-10-7-18(8-11-21)14-24(26)25(15-19-5-3-2-4-6-19)16-20-9-12-22-23(13-20)29-17-28-22/h2-13H,14-17H2,1H3. The Morgan fingerprint density at radius 1 is 0.862 bits per heavy atom. The van der Waals surface area contributed by atoms with Crippen LogP contribution in [0.25, 0.3) is 0 Å². The van der Waals surface area contributed by atoms with Gasteiger partial charge in [-0.3, -0.25) is 4.79 Å². The molecule has 5 heteroatoms. The average Bonchev–Trinajstić information content (AvgIpc) is 3.22. The fourth-order valence-corrected chi connectivity index (χ4v) is 3.33. The highest BCUT2D eigenvalue weighted by molar-refractivity contribution is 5.79. The van der Waals surface area contributed by atoms with E-state index in [0.717, 1.165) is 33.9 Å². The fraction of sp³-hybridized carbons (Fsp3) is 0.208. The van der Waals surface area contributed by atoms with Gasteiger partial charge in [-0.2, -0.15) is 0 Å². The average molecular weight is 389 g/mol. The van der Waals surface area contributed by atoms with Gasteiger partial charge in [0.2, 0.25) is 12.7 Å². The number of hydrogen-bond donors (Lipinski definition) is 0. The number of amides is 1. The first-order chi connectivity index (χ1) is 14.2. The maximum absolute atomic E-state index is 13.1. The van der Waals surface area contributed by atoms with Crippen molar-refractivity contribution in [3.63, 3.8) is 0 Å². The molecule has 4 rings (SSSR count). The number of carbonyl (C=O) groups is 1. The van der Waals surface area contributed by atoms with Crippen LogP contribution in [0.15, 0.2) is 72.8 Å². The molecule has 0 radical (unpaired) electrons. The molecule has 0 bridgehead atoms. The van der Waals surface area contributed by atoms with Crippen molar-refractivity contribution >= 4 is 5.91 Å². The summed E-state index contributed by atoms with van der Waals surface area (Å²) in [4.78, 5) is 15.0. The van der Waals surface area contributed by atoms with Gasteiger partial charge >= 0.3 is 0 Å². The van der Waals surface area contributed by atoms with Crippen LogP contribution in [0.3, 0.4) is 0 Å². The molecule has 0 unspecified atom stereocenters. The molecule has 3 aromatic rings. The maximum Gasteiger partial charge on any atom is 0.231 e. The second-order valence-electron chi connectivity index (χ2n) is 6.95. The summed E-state index contributed by atoms with van der Waals surface area (Å²) < 4.78 is 16.1. The van der Waals surface area contributed by atoms with Gasteiger partial charge in [-0.25, -0.2) is 0 Å². The smallest absolute Gasteiger partial charge is 0.231 e. The third-order valence-electron chi connectivity index (χ3n) is 4.89. The Morgan fingerprint density at radius 2 is 1.55 bits per heavy atom. The van der Waals surface area contributed by atoms with E-state index in [-0.39, 0.29) is 12.7 Å². The number of fused-ring (bicyclic) bond motifs is 1. The Hall–Kier alpha value is -3.47. The predicted octanol–water partition coefficient (Wildman–Crippen LogP) is 4.20. The molecule has 1 aliphatic rings. The molecule has 0 saturated carbocycles. The SMILES string of the molecule is COc1ccc(CC(=O)N(Cc2ccccc2)Cc2ccc3c(c2)OCO3)cc1. The molecule has 0 atom stereocenters. The topological polar surface area (TPSA) is 48.0 Å². The van der Waals surface area contributed by atoms with E-state index in [4.69, 9.17) is 14.2 Å². The molecule has 3 aromatic carbocycles. The highest BCUT2D eigenvalue weighted by Gasteiger charge is 2.18. The van der Waals surface area contributed by atoms with Gasteiger partial charge in [0.25, 0.3) is 0 Å². The molecule has 0 aromatic heterocycles. The number of hydrogen-bond acceptors (Lipinski definition) is 4. The summed E-state index contributed by atoms with van der Waals surface area (Å²) in [6.45, 7) is 1.29. The second-order valence-corrected chi connectivity index (χ2v) is 6.95. The van der Waals surface area contributed by atoms with Crippen molar-refractivity contribution in [2.24, 2.45) is 0 Å². The number of ether oxygens (including phenoxy) is 3. The van der Waals surface area contributed by atoms with E-state index in [2.05, 4.69) is 0 Å². The Balaban J connectivity index is 1.52. The quantitative estimate of drug-likeness (QED) is 0.608. The molecule has 148 valence electrons. The van der Waals surface area contributed by atoms with Gasteiger partial charge in [0.15, 0.2) is 11.5 Å². The van der Waals surface area contributed by atoms with Gasteiger partial charge in [-0.15, -0.1) is 0 Å². The Labute approximate surface area is 170 Å². The van der Waals surface area contributed by atoms with Gasteiger partial charge in [-0.05, 0) is 41.0 Å². The second kappa shape index (κ2) is 8.69. The number of carbonyl (C=O) groups excluding carboxylic acids is 1. The predicted molar refractivity (Wildman–Crippen MR) is 110 cm³/mol. The van der Waals surface area contributed by atoms with Crippen LogP contribution in [0.2, 0.25) is 0 Å². The van der Waals surface area contributed by atoms with Crippen LogP contribution in [0.4, 0.5) is 0 Å². The third kappa shape index (κ3) is 4.69. The van der Waals surface area contributed by atoms with Gasteiger partial charge in [0.1, 0.15) is 5.75 Å². The van der Waals surface area contributed by atoms with Gasteiger partial charge in [-0.1, -0.05) is 48.5 Å². The molecular weight excluding hydrogens is 366 g/mol. The molecule has 0 saturated heterocycles.